The first-order chi connectivity index (χ1) is 10.1. The van der Waals surface area contributed by atoms with Gasteiger partial charge in [-0.2, -0.15) is 0 Å². The molecule has 4 nitrogen and oxygen atoms in total. The number of carbonyl (C=O) groups excluding carboxylic acids is 1. The van der Waals surface area contributed by atoms with Crippen molar-refractivity contribution >= 4 is 39.0 Å². The number of pyridine rings is 1. The van der Waals surface area contributed by atoms with Crippen molar-refractivity contribution in [2.75, 3.05) is 10.6 Å². The summed E-state index contributed by atoms with van der Waals surface area (Å²) < 4.78 is 1.06. The van der Waals surface area contributed by atoms with Crippen molar-refractivity contribution in [3.8, 4) is 0 Å². The molecule has 0 bridgehead atoms. The molecule has 1 aromatic carbocycles. The number of carbonyl (C=O) groups is 1. The maximum Gasteiger partial charge on any atom is 0.228 e. The van der Waals surface area contributed by atoms with E-state index >= 15 is 0 Å². The first-order valence-corrected chi connectivity index (χ1v) is 7.71. The molecule has 5 heteroatoms. The molecule has 108 valence electrons. The molecule has 2 N–H and O–H groups in total. The van der Waals surface area contributed by atoms with Crippen molar-refractivity contribution in [3.05, 3.63) is 46.6 Å². The van der Waals surface area contributed by atoms with Gasteiger partial charge in [0, 0.05) is 16.1 Å². The number of aromatic nitrogens is 1. The maximum absolute atomic E-state index is 11.6. The number of hydrogen-bond donors (Lipinski definition) is 2. The third-order valence-electron chi connectivity index (χ3n) is 3.42. The third-order valence-corrected chi connectivity index (χ3v) is 4.28. The van der Waals surface area contributed by atoms with E-state index in [4.69, 9.17) is 0 Å². The van der Waals surface area contributed by atoms with Gasteiger partial charge < -0.3 is 10.6 Å². The zero-order chi connectivity index (χ0) is 14.8. The minimum atomic E-state index is 0.0747. The summed E-state index contributed by atoms with van der Waals surface area (Å²) in [6.07, 6.45) is 3.71. The second-order valence-electron chi connectivity index (χ2n) is 5.28. The molecule has 21 heavy (non-hydrogen) atoms. The standard InChI is InChI=1S/C16H16BrN3O/c1-10-2-5-12(8-14(10)17)19-13-6-7-15(18-9-13)20-16(21)11-3-4-11/h2,5-9,11,19H,3-4H2,1H3,(H,18,20,21). The second-order valence-corrected chi connectivity index (χ2v) is 6.14. The number of nitrogens with one attached hydrogen (secondary N) is 2. The number of nitrogens with zero attached hydrogens (tertiary/aromatic N) is 1. The Morgan fingerprint density at radius 2 is 2.00 bits per heavy atom. The average Bonchev–Trinajstić information content (AvgIpc) is 3.30. The van der Waals surface area contributed by atoms with Gasteiger partial charge in [-0.1, -0.05) is 22.0 Å². The molecular formula is C16H16BrN3O. The van der Waals surface area contributed by atoms with Gasteiger partial charge in [0.25, 0.3) is 0 Å². The lowest BCUT2D eigenvalue weighted by Gasteiger charge is -2.09. The zero-order valence-corrected chi connectivity index (χ0v) is 13.3. The lowest BCUT2D eigenvalue weighted by molar-refractivity contribution is -0.117. The smallest absolute Gasteiger partial charge is 0.228 e. The van der Waals surface area contributed by atoms with Crippen LogP contribution in [-0.4, -0.2) is 10.9 Å². The maximum atomic E-state index is 11.6. The summed E-state index contributed by atoms with van der Waals surface area (Å²) in [5.41, 5.74) is 3.07. The molecule has 2 aromatic rings. The van der Waals surface area contributed by atoms with Crippen LogP contribution in [0.15, 0.2) is 41.0 Å². The highest BCUT2D eigenvalue weighted by Gasteiger charge is 2.29. The molecule has 1 heterocycles. The van der Waals surface area contributed by atoms with Crippen molar-refractivity contribution in [2.45, 2.75) is 19.8 Å². The topological polar surface area (TPSA) is 54.0 Å². The minimum absolute atomic E-state index is 0.0747. The van der Waals surface area contributed by atoms with E-state index in [0.717, 1.165) is 28.7 Å². The number of anilines is 3. The largest absolute Gasteiger partial charge is 0.354 e. The van der Waals surface area contributed by atoms with Gasteiger partial charge >= 0.3 is 0 Å². The molecule has 1 aliphatic carbocycles. The van der Waals surface area contributed by atoms with Crippen molar-refractivity contribution in [1.82, 2.24) is 4.98 Å². The first kappa shape index (κ1) is 14.1. The summed E-state index contributed by atoms with van der Waals surface area (Å²) in [5.74, 6) is 0.864. The lowest BCUT2D eigenvalue weighted by Crippen LogP contribution is -2.14. The number of rotatable bonds is 4. The molecule has 1 aromatic heterocycles. The van der Waals surface area contributed by atoms with Crippen LogP contribution in [-0.2, 0) is 4.79 Å². The fraction of sp³-hybridized carbons (Fsp3) is 0.250. The van der Waals surface area contributed by atoms with Crippen LogP contribution >= 0.6 is 15.9 Å². The van der Waals surface area contributed by atoms with E-state index in [1.165, 1.54) is 5.56 Å². The Kier molecular flexibility index (Phi) is 3.92. The lowest BCUT2D eigenvalue weighted by atomic mass is 10.2. The number of amides is 1. The van der Waals surface area contributed by atoms with Crippen LogP contribution in [0.5, 0.6) is 0 Å². The van der Waals surface area contributed by atoms with Gasteiger partial charge in [0.05, 0.1) is 11.9 Å². The summed E-state index contributed by atoms with van der Waals surface area (Å²) in [4.78, 5) is 15.9. The van der Waals surface area contributed by atoms with Crippen molar-refractivity contribution in [2.24, 2.45) is 5.92 Å². The van der Waals surface area contributed by atoms with Gasteiger partial charge in [-0.15, -0.1) is 0 Å². The van der Waals surface area contributed by atoms with E-state index in [9.17, 15) is 4.79 Å². The molecule has 0 spiro atoms. The fourth-order valence-corrected chi connectivity index (χ4v) is 2.33. The molecule has 0 aliphatic heterocycles. The Morgan fingerprint density at radius 1 is 1.24 bits per heavy atom. The van der Waals surface area contributed by atoms with Crippen molar-refractivity contribution < 1.29 is 4.79 Å². The normalized spacial score (nSPS) is 13.8. The van der Waals surface area contributed by atoms with Gasteiger partial charge in [0.15, 0.2) is 0 Å². The number of halogens is 1. The quantitative estimate of drug-likeness (QED) is 0.870. The van der Waals surface area contributed by atoms with E-state index in [0.29, 0.717) is 5.82 Å². The first-order valence-electron chi connectivity index (χ1n) is 6.92. The highest BCUT2D eigenvalue weighted by molar-refractivity contribution is 9.10. The SMILES string of the molecule is Cc1ccc(Nc2ccc(NC(=O)C3CC3)nc2)cc1Br. The predicted octanol–water partition coefficient (Wildman–Crippen LogP) is 4.24. The van der Waals surface area contributed by atoms with Crippen LogP contribution in [0.25, 0.3) is 0 Å². The zero-order valence-electron chi connectivity index (χ0n) is 11.7. The second kappa shape index (κ2) is 5.85. The average molecular weight is 346 g/mol. The molecule has 0 unspecified atom stereocenters. The predicted molar refractivity (Wildman–Crippen MR) is 87.8 cm³/mol. The summed E-state index contributed by atoms with van der Waals surface area (Å²) >= 11 is 3.51. The molecule has 1 fully saturated rings. The van der Waals surface area contributed by atoms with E-state index in [1.54, 1.807) is 6.20 Å². The van der Waals surface area contributed by atoms with Crippen LogP contribution in [0.3, 0.4) is 0 Å². The molecule has 0 atom stereocenters. The Morgan fingerprint density at radius 3 is 2.62 bits per heavy atom. The van der Waals surface area contributed by atoms with Crippen LogP contribution in [0.4, 0.5) is 17.2 Å². The molecule has 1 aliphatic rings. The molecule has 1 saturated carbocycles. The monoisotopic (exact) mass is 345 g/mol. The summed E-state index contributed by atoms with van der Waals surface area (Å²) in [7, 11) is 0. The summed E-state index contributed by atoms with van der Waals surface area (Å²) in [6, 6.07) is 9.81. The van der Waals surface area contributed by atoms with E-state index in [2.05, 4.69) is 31.5 Å². The highest BCUT2D eigenvalue weighted by atomic mass is 79.9. The van der Waals surface area contributed by atoms with Gasteiger partial charge in [-0.3, -0.25) is 4.79 Å². The Bertz CT molecular complexity index is 666. The third kappa shape index (κ3) is 3.61. The van der Waals surface area contributed by atoms with E-state index in [1.807, 2.05) is 37.3 Å². The molecular weight excluding hydrogens is 330 g/mol. The number of benzene rings is 1. The molecule has 0 saturated heterocycles. The van der Waals surface area contributed by atoms with Crippen LogP contribution in [0.2, 0.25) is 0 Å². The van der Waals surface area contributed by atoms with Gasteiger partial charge in [0.2, 0.25) is 5.91 Å². The number of hydrogen-bond acceptors (Lipinski definition) is 3. The van der Waals surface area contributed by atoms with Gasteiger partial charge in [0.1, 0.15) is 5.82 Å². The Labute approximate surface area is 132 Å². The molecule has 3 rings (SSSR count). The van der Waals surface area contributed by atoms with Crippen LogP contribution in [0, 0.1) is 12.8 Å². The van der Waals surface area contributed by atoms with Gasteiger partial charge in [-0.25, -0.2) is 4.98 Å². The molecule has 0 radical (unpaired) electrons. The van der Waals surface area contributed by atoms with E-state index < -0.39 is 0 Å². The molecule has 1 amide bonds. The summed E-state index contributed by atoms with van der Waals surface area (Å²) in [6.45, 7) is 2.05. The summed E-state index contributed by atoms with van der Waals surface area (Å²) in [5, 5.41) is 6.11. The minimum Gasteiger partial charge on any atom is -0.354 e. The van der Waals surface area contributed by atoms with Crippen molar-refractivity contribution in [1.29, 1.82) is 0 Å². The fourth-order valence-electron chi connectivity index (χ4n) is 1.95. The Balaban J connectivity index is 1.65. The Hall–Kier alpha value is -1.88. The van der Waals surface area contributed by atoms with Crippen molar-refractivity contribution in [3.63, 3.8) is 0 Å². The van der Waals surface area contributed by atoms with E-state index in [-0.39, 0.29) is 11.8 Å². The van der Waals surface area contributed by atoms with Crippen LogP contribution < -0.4 is 10.6 Å². The van der Waals surface area contributed by atoms with Crippen LogP contribution in [0.1, 0.15) is 18.4 Å². The van der Waals surface area contributed by atoms with Gasteiger partial charge in [-0.05, 0) is 49.6 Å². The number of aryl methyl sites for hydroxylation is 1. The highest BCUT2D eigenvalue weighted by Crippen LogP contribution is 2.30.